The minimum Gasteiger partial charge on any atom is -0.507 e. The van der Waals surface area contributed by atoms with E-state index in [1.165, 1.54) is 6.07 Å². The van der Waals surface area contributed by atoms with Gasteiger partial charge in [0.05, 0.1) is 0 Å². The molecule has 0 heterocycles. The molecule has 1 aromatic rings. The highest BCUT2D eigenvalue weighted by molar-refractivity contribution is 5.64. The molecular formula is C10H12O4. The molecular weight excluding hydrogens is 184 g/mol. The van der Waals surface area contributed by atoms with Gasteiger partial charge in [-0.05, 0) is 43.5 Å². The Morgan fingerprint density at radius 2 is 1.86 bits per heavy atom. The lowest BCUT2D eigenvalue weighted by atomic mass is 10.0. The molecule has 0 bridgehead atoms. The SMILES string of the molecule is Cc1cc(OC(=O)O)c(C)c(C)c1O. The van der Waals surface area contributed by atoms with Gasteiger partial charge in [-0.15, -0.1) is 0 Å². The van der Waals surface area contributed by atoms with E-state index < -0.39 is 6.16 Å². The van der Waals surface area contributed by atoms with Crippen LogP contribution in [0.15, 0.2) is 6.07 Å². The third kappa shape index (κ3) is 1.79. The fourth-order valence-electron chi connectivity index (χ4n) is 1.23. The van der Waals surface area contributed by atoms with E-state index in [0.717, 1.165) is 0 Å². The minimum absolute atomic E-state index is 0.181. The van der Waals surface area contributed by atoms with E-state index in [0.29, 0.717) is 16.7 Å². The van der Waals surface area contributed by atoms with Crippen molar-refractivity contribution in [2.75, 3.05) is 0 Å². The zero-order valence-corrected chi connectivity index (χ0v) is 8.29. The standard InChI is InChI=1S/C10H12O4/c1-5-4-8(14-10(12)13)6(2)7(3)9(5)11/h4,11H,1-3H3,(H,12,13). The first-order chi connectivity index (χ1) is 6.43. The summed E-state index contributed by atoms with van der Waals surface area (Å²) in [5.74, 6) is 0.450. The molecule has 0 radical (unpaired) electrons. The maximum Gasteiger partial charge on any atom is 0.511 e. The van der Waals surface area contributed by atoms with Crippen molar-refractivity contribution >= 4 is 6.16 Å². The molecule has 0 atom stereocenters. The predicted molar refractivity (Wildman–Crippen MR) is 51.0 cm³/mol. The number of benzene rings is 1. The van der Waals surface area contributed by atoms with Crippen molar-refractivity contribution in [2.24, 2.45) is 0 Å². The van der Waals surface area contributed by atoms with E-state index in [2.05, 4.69) is 4.74 Å². The first-order valence-electron chi connectivity index (χ1n) is 4.14. The molecule has 4 nitrogen and oxygen atoms in total. The summed E-state index contributed by atoms with van der Waals surface area (Å²) in [6, 6.07) is 1.51. The second kappa shape index (κ2) is 3.57. The molecule has 0 aliphatic heterocycles. The van der Waals surface area contributed by atoms with Crippen LogP contribution >= 0.6 is 0 Å². The van der Waals surface area contributed by atoms with E-state index in [1.807, 2.05) is 0 Å². The van der Waals surface area contributed by atoms with Crippen molar-refractivity contribution in [2.45, 2.75) is 20.8 Å². The van der Waals surface area contributed by atoms with Crippen LogP contribution in [0.3, 0.4) is 0 Å². The number of hydrogen-bond acceptors (Lipinski definition) is 3. The van der Waals surface area contributed by atoms with E-state index in [4.69, 9.17) is 5.11 Å². The molecule has 2 N–H and O–H groups in total. The van der Waals surface area contributed by atoms with Crippen LogP contribution in [0.25, 0.3) is 0 Å². The van der Waals surface area contributed by atoms with Gasteiger partial charge >= 0.3 is 6.16 Å². The fraction of sp³-hybridized carbons (Fsp3) is 0.300. The lowest BCUT2D eigenvalue weighted by molar-refractivity contribution is 0.144. The highest BCUT2D eigenvalue weighted by Gasteiger charge is 2.12. The highest BCUT2D eigenvalue weighted by Crippen LogP contribution is 2.31. The minimum atomic E-state index is -1.35. The largest absolute Gasteiger partial charge is 0.511 e. The number of rotatable bonds is 1. The summed E-state index contributed by atoms with van der Waals surface area (Å²) in [6.07, 6.45) is -1.35. The Hall–Kier alpha value is -1.71. The van der Waals surface area contributed by atoms with E-state index in [1.54, 1.807) is 20.8 Å². The highest BCUT2D eigenvalue weighted by atomic mass is 16.7. The summed E-state index contributed by atoms with van der Waals surface area (Å²) in [6.45, 7) is 5.11. The molecule has 0 aromatic heterocycles. The maximum atomic E-state index is 10.3. The summed E-state index contributed by atoms with van der Waals surface area (Å²) in [5.41, 5.74) is 1.88. The van der Waals surface area contributed by atoms with Crippen molar-refractivity contribution < 1.29 is 19.7 Å². The number of aryl methyl sites for hydroxylation is 1. The summed E-state index contributed by atoms with van der Waals surface area (Å²) in [7, 11) is 0. The molecule has 1 rings (SSSR count). The Morgan fingerprint density at radius 3 is 2.36 bits per heavy atom. The maximum absolute atomic E-state index is 10.3. The average Bonchev–Trinajstić information content (AvgIpc) is 2.10. The number of ether oxygens (including phenoxy) is 1. The van der Waals surface area contributed by atoms with Gasteiger partial charge in [0.15, 0.2) is 0 Å². The van der Waals surface area contributed by atoms with Crippen molar-refractivity contribution in [3.8, 4) is 11.5 Å². The topological polar surface area (TPSA) is 66.8 Å². The third-order valence-electron chi connectivity index (χ3n) is 2.21. The van der Waals surface area contributed by atoms with E-state index in [-0.39, 0.29) is 11.5 Å². The van der Waals surface area contributed by atoms with Gasteiger partial charge in [0, 0.05) is 0 Å². The zero-order chi connectivity index (χ0) is 10.9. The second-order valence-electron chi connectivity index (χ2n) is 3.16. The molecule has 0 aliphatic rings. The molecule has 76 valence electrons. The molecule has 0 fully saturated rings. The van der Waals surface area contributed by atoms with E-state index in [9.17, 15) is 9.90 Å². The number of hydrogen-bond donors (Lipinski definition) is 2. The Bertz CT molecular complexity index is 382. The number of phenolic OH excluding ortho intramolecular Hbond substituents is 1. The van der Waals surface area contributed by atoms with Gasteiger partial charge < -0.3 is 14.9 Å². The summed E-state index contributed by atoms with van der Waals surface area (Å²) < 4.78 is 4.57. The first-order valence-corrected chi connectivity index (χ1v) is 4.14. The Morgan fingerprint density at radius 1 is 1.29 bits per heavy atom. The second-order valence-corrected chi connectivity index (χ2v) is 3.16. The van der Waals surface area contributed by atoms with Crippen molar-refractivity contribution in [1.82, 2.24) is 0 Å². The molecule has 14 heavy (non-hydrogen) atoms. The van der Waals surface area contributed by atoms with Crippen LogP contribution in [0.1, 0.15) is 16.7 Å². The van der Waals surface area contributed by atoms with Crippen molar-refractivity contribution in [1.29, 1.82) is 0 Å². The lowest BCUT2D eigenvalue weighted by Gasteiger charge is -2.11. The van der Waals surface area contributed by atoms with Gasteiger partial charge in [0.25, 0.3) is 0 Å². The molecule has 4 heteroatoms. The Balaban J connectivity index is 3.25. The van der Waals surface area contributed by atoms with Gasteiger partial charge in [0.1, 0.15) is 11.5 Å². The normalized spacial score (nSPS) is 9.93. The number of carbonyl (C=O) groups is 1. The molecule has 0 unspecified atom stereocenters. The number of phenols is 1. The monoisotopic (exact) mass is 196 g/mol. The van der Waals surface area contributed by atoms with E-state index >= 15 is 0 Å². The molecule has 0 spiro atoms. The first kappa shape index (κ1) is 10.4. The summed E-state index contributed by atoms with van der Waals surface area (Å²) >= 11 is 0. The third-order valence-corrected chi connectivity index (χ3v) is 2.21. The van der Waals surface area contributed by atoms with Gasteiger partial charge in [-0.2, -0.15) is 0 Å². The average molecular weight is 196 g/mol. The molecule has 0 aliphatic carbocycles. The van der Waals surface area contributed by atoms with Crippen molar-refractivity contribution in [3.63, 3.8) is 0 Å². The quantitative estimate of drug-likeness (QED) is 0.534. The van der Waals surface area contributed by atoms with Gasteiger partial charge in [-0.1, -0.05) is 0 Å². The van der Waals surface area contributed by atoms with Crippen LogP contribution in [-0.4, -0.2) is 16.4 Å². The number of aromatic hydroxyl groups is 1. The predicted octanol–water partition coefficient (Wildman–Crippen LogP) is 2.37. The van der Waals surface area contributed by atoms with Crippen LogP contribution < -0.4 is 4.74 Å². The summed E-state index contributed by atoms with van der Waals surface area (Å²) in [5, 5.41) is 18.0. The van der Waals surface area contributed by atoms with Gasteiger partial charge in [-0.25, -0.2) is 4.79 Å². The van der Waals surface area contributed by atoms with Gasteiger partial charge in [0.2, 0.25) is 0 Å². The zero-order valence-electron chi connectivity index (χ0n) is 8.29. The molecule has 0 amide bonds. The number of carboxylic acid groups (broad SMARTS) is 1. The molecule has 0 saturated carbocycles. The molecule has 1 aromatic carbocycles. The smallest absolute Gasteiger partial charge is 0.507 e. The fourth-order valence-corrected chi connectivity index (χ4v) is 1.23. The van der Waals surface area contributed by atoms with Gasteiger partial charge in [-0.3, -0.25) is 0 Å². The summed E-state index contributed by atoms with van der Waals surface area (Å²) in [4.78, 5) is 10.3. The lowest BCUT2D eigenvalue weighted by Crippen LogP contribution is -2.05. The van der Waals surface area contributed by atoms with Crippen LogP contribution in [0.4, 0.5) is 4.79 Å². The van der Waals surface area contributed by atoms with Crippen LogP contribution in [0, 0.1) is 20.8 Å². The van der Waals surface area contributed by atoms with Crippen molar-refractivity contribution in [3.05, 3.63) is 22.8 Å². The van der Waals surface area contributed by atoms with Crippen LogP contribution in [0.2, 0.25) is 0 Å². The van der Waals surface area contributed by atoms with Crippen LogP contribution in [-0.2, 0) is 0 Å². The van der Waals surface area contributed by atoms with Crippen LogP contribution in [0.5, 0.6) is 11.5 Å². The molecule has 0 saturated heterocycles. The Labute approximate surface area is 81.8 Å². The Kier molecular flexibility index (Phi) is 2.65.